The summed E-state index contributed by atoms with van der Waals surface area (Å²) < 4.78 is 14.5. The Bertz CT molecular complexity index is 1200. The van der Waals surface area contributed by atoms with Crippen LogP contribution in [0.25, 0.3) is 22.5 Å². The van der Waals surface area contributed by atoms with Crippen molar-refractivity contribution in [2.45, 2.75) is 0 Å². The van der Waals surface area contributed by atoms with Gasteiger partial charge in [0.05, 0.1) is 20.3 Å². The van der Waals surface area contributed by atoms with Crippen molar-refractivity contribution in [2.75, 3.05) is 33.4 Å². The minimum atomic E-state index is -0.0602. The Kier molecular flexibility index (Phi) is 4.72. The predicted octanol–water partition coefficient (Wildman–Crippen LogP) is 3.27. The number of benzene rings is 1. The maximum atomic E-state index is 12.7. The van der Waals surface area contributed by atoms with Gasteiger partial charge in [0.2, 0.25) is 0 Å². The Morgan fingerprint density at radius 2 is 1.87 bits per heavy atom. The summed E-state index contributed by atoms with van der Waals surface area (Å²) in [5.41, 5.74) is 3.62. The molecule has 0 aliphatic carbocycles. The van der Waals surface area contributed by atoms with E-state index in [0.717, 1.165) is 28.2 Å². The Morgan fingerprint density at radius 1 is 1.03 bits per heavy atom. The minimum Gasteiger partial charge on any atom is -0.497 e. The zero-order valence-electron chi connectivity index (χ0n) is 16.7. The molecule has 1 saturated heterocycles. The molecular formula is C23H22N4O3. The highest BCUT2D eigenvalue weighted by molar-refractivity contribution is 5.92. The standard InChI is InChI=1S/C23H22N4O3/c1-29-20-4-2-3-17(15-20)18-5-6-19-7-8-22(26(19)16-18)27-10-9-21(24-27)23(28)25-11-13-30-14-12-25/h2-10,15-16H,11-14H2,1H3. The number of amides is 1. The third-order valence-electron chi connectivity index (χ3n) is 5.37. The fourth-order valence-electron chi connectivity index (χ4n) is 3.74. The van der Waals surface area contributed by atoms with Crippen molar-refractivity contribution in [3.8, 4) is 22.7 Å². The molecule has 1 aromatic carbocycles. The van der Waals surface area contributed by atoms with Gasteiger partial charge in [0.25, 0.3) is 5.91 Å². The second-order valence-corrected chi connectivity index (χ2v) is 7.19. The van der Waals surface area contributed by atoms with Crippen molar-refractivity contribution in [3.05, 3.63) is 72.7 Å². The molecule has 0 spiro atoms. The van der Waals surface area contributed by atoms with Crippen molar-refractivity contribution < 1.29 is 14.3 Å². The zero-order chi connectivity index (χ0) is 20.5. The molecular weight excluding hydrogens is 380 g/mol. The van der Waals surface area contributed by atoms with Crippen LogP contribution in [0.5, 0.6) is 5.75 Å². The average molecular weight is 402 g/mol. The zero-order valence-corrected chi connectivity index (χ0v) is 16.7. The van der Waals surface area contributed by atoms with Crippen molar-refractivity contribution in [2.24, 2.45) is 0 Å². The topological polar surface area (TPSA) is 61.0 Å². The van der Waals surface area contributed by atoms with Crippen LogP contribution < -0.4 is 4.74 Å². The summed E-state index contributed by atoms with van der Waals surface area (Å²) in [6, 6.07) is 17.9. The van der Waals surface area contributed by atoms with Crippen LogP contribution in [0.1, 0.15) is 10.5 Å². The Balaban J connectivity index is 1.49. The van der Waals surface area contributed by atoms with Gasteiger partial charge in [0.15, 0.2) is 5.69 Å². The summed E-state index contributed by atoms with van der Waals surface area (Å²) in [7, 11) is 1.67. The molecule has 1 aliphatic rings. The van der Waals surface area contributed by atoms with E-state index in [4.69, 9.17) is 9.47 Å². The first-order chi connectivity index (χ1) is 14.7. The van der Waals surface area contributed by atoms with Crippen LogP contribution in [0, 0.1) is 0 Å². The number of rotatable bonds is 4. The fraction of sp³-hybridized carbons (Fsp3) is 0.217. The fourth-order valence-corrected chi connectivity index (χ4v) is 3.74. The van der Waals surface area contributed by atoms with Crippen LogP contribution in [-0.4, -0.2) is 58.4 Å². The van der Waals surface area contributed by atoms with Gasteiger partial charge in [-0.3, -0.25) is 4.79 Å². The van der Waals surface area contributed by atoms with Gasteiger partial charge < -0.3 is 18.8 Å². The Labute approximate surface area is 174 Å². The molecule has 3 aromatic heterocycles. The van der Waals surface area contributed by atoms with Crippen LogP contribution in [0.2, 0.25) is 0 Å². The summed E-state index contributed by atoms with van der Waals surface area (Å²) in [5, 5.41) is 4.55. The van der Waals surface area contributed by atoms with Crippen LogP contribution in [0.3, 0.4) is 0 Å². The second-order valence-electron chi connectivity index (χ2n) is 7.19. The Morgan fingerprint density at radius 3 is 2.70 bits per heavy atom. The lowest BCUT2D eigenvalue weighted by Crippen LogP contribution is -2.40. The van der Waals surface area contributed by atoms with E-state index in [1.807, 2.05) is 36.5 Å². The van der Waals surface area contributed by atoms with E-state index in [1.165, 1.54) is 0 Å². The van der Waals surface area contributed by atoms with Gasteiger partial charge in [-0.25, -0.2) is 4.68 Å². The molecule has 0 atom stereocenters. The quantitative estimate of drug-likeness (QED) is 0.526. The molecule has 0 N–H and O–H groups in total. The SMILES string of the molecule is COc1cccc(-c2ccc3ccc(-n4ccc(C(=O)N5CCOCC5)n4)n3c2)c1. The molecule has 30 heavy (non-hydrogen) atoms. The predicted molar refractivity (Wildman–Crippen MR) is 113 cm³/mol. The number of pyridine rings is 1. The monoisotopic (exact) mass is 402 g/mol. The number of nitrogens with zero attached hydrogens (tertiary/aromatic N) is 4. The van der Waals surface area contributed by atoms with Crippen LogP contribution >= 0.6 is 0 Å². The van der Waals surface area contributed by atoms with Crippen LogP contribution in [0.4, 0.5) is 0 Å². The molecule has 0 unspecified atom stereocenters. The van der Waals surface area contributed by atoms with E-state index in [2.05, 4.69) is 33.9 Å². The van der Waals surface area contributed by atoms with Crippen molar-refractivity contribution >= 4 is 11.4 Å². The molecule has 152 valence electrons. The summed E-state index contributed by atoms with van der Waals surface area (Å²) in [4.78, 5) is 14.5. The van der Waals surface area contributed by atoms with Crippen molar-refractivity contribution in [3.63, 3.8) is 0 Å². The molecule has 4 heterocycles. The first-order valence-electron chi connectivity index (χ1n) is 9.91. The average Bonchev–Trinajstić information content (AvgIpc) is 3.46. The van der Waals surface area contributed by atoms with Gasteiger partial charge >= 0.3 is 0 Å². The molecule has 5 rings (SSSR count). The largest absolute Gasteiger partial charge is 0.497 e. The van der Waals surface area contributed by atoms with E-state index in [-0.39, 0.29) is 5.91 Å². The molecule has 0 radical (unpaired) electrons. The van der Waals surface area contributed by atoms with E-state index in [0.29, 0.717) is 32.0 Å². The highest BCUT2D eigenvalue weighted by atomic mass is 16.5. The Hall–Kier alpha value is -3.58. The van der Waals surface area contributed by atoms with E-state index >= 15 is 0 Å². The molecule has 1 amide bonds. The van der Waals surface area contributed by atoms with Crippen LogP contribution in [0.15, 0.2) is 67.0 Å². The van der Waals surface area contributed by atoms with E-state index < -0.39 is 0 Å². The first kappa shape index (κ1) is 18.4. The lowest BCUT2D eigenvalue weighted by Gasteiger charge is -2.25. The van der Waals surface area contributed by atoms with Gasteiger partial charge in [0, 0.05) is 31.0 Å². The number of carbonyl (C=O) groups excluding carboxylic acids is 1. The number of fused-ring (bicyclic) bond motifs is 1. The van der Waals surface area contributed by atoms with Gasteiger partial charge in [-0.05, 0) is 47.5 Å². The third kappa shape index (κ3) is 3.33. The number of carbonyl (C=O) groups is 1. The van der Waals surface area contributed by atoms with Crippen LogP contribution in [-0.2, 0) is 4.74 Å². The number of aromatic nitrogens is 3. The second kappa shape index (κ2) is 7.68. The molecule has 7 nitrogen and oxygen atoms in total. The van der Waals surface area contributed by atoms with Crippen molar-refractivity contribution in [1.82, 2.24) is 19.1 Å². The molecule has 0 saturated carbocycles. The molecule has 4 aromatic rings. The number of hydrogen-bond acceptors (Lipinski definition) is 4. The first-order valence-corrected chi connectivity index (χ1v) is 9.91. The summed E-state index contributed by atoms with van der Waals surface area (Å²) in [5.74, 6) is 1.63. The highest BCUT2D eigenvalue weighted by Crippen LogP contribution is 2.26. The smallest absolute Gasteiger partial charge is 0.274 e. The number of methoxy groups -OCH3 is 1. The minimum absolute atomic E-state index is 0.0602. The summed E-state index contributed by atoms with van der Waals surface area (Å²) in [6.07, 6.45) is 3.90. The molecule has 0 bridgehead atoms. The summed E-state index contributed by atoms with van der Waals surface area (Å²) >= 11 is 0. The summed E-state index contributed by atoms with van der Waals surface area (Å²) in [6.45, 7) is 2.35. The lowest BCUT2D eigenvalue weighted by molar-refractivity contribution is 0.0298. The molecule has 1 aliphatic heterocycles. The highest BCUT2D eigenvalue weighted by Gasteiger charge is 2.21. The molecule has 7 heteroatoms. The molecule has 1 fully saturated rings. The van der Waals surface area contributed by atoms with Gasteiger partial charge in [0.1, 0.15) is 11.6 Å². The van der Waals surface area contributed by atoms with E-state index in [9.17, 15) is 4.79 Å². The number of morpholine rings is 1. The maximum absolute atomic E-state index is 12.7. The van der Waals surface area contributed by atoms with Gasteiger partial charge in [-0.15, -0.1) is 0 Å². The van der Waals surface area contributed by atoms with Gasteiger partial charge in [-0.1, -0.05) is 18.2 Å². The number of hydrogen-bond donors (Lipinski definition) is 0. The normalized spacial score (nSPS) is 14.2. The lowest BCUT2D eigenvalue weighted by atomic mass is 10.1. The number of ether oxygens (including phenoxy) is 2. The van der Waals surface area contributed by atoms with Crippen molar-refractivity contribution in [1.29, 1.82) is 0 Å². The van der Waals surface area contributed by atoms with Gasteiger partial charge in [-0.2, -0.15) is 5.10 Å². The maximum Gasteiger partial charge on any atom is 0.274 e. The third-order valence-corrected chi connectivity index (χ3v) is 5.37. The van der Waals surface area contributed by atoms with E-state index in [1.54, 1.807) is 22.8 Å².